The molecule has 1 aromatic carbocycles. The lowest BCUT2D eigenvalue weighted by atomic mass is 10.1. The molecular formula is C15H21N3O. The summed E-state index contributed by atoms with van der Waals surface area (Å²) in [6, 6.07) is 6.11. The van der Waals surface area contributed by atoms with E-state index in [0.717, 1.165) is 24.1 Å². The van der Waals surface area contributed by atoms with E-state index >= 15 is 0 Å². The van der Waals surface area contributed by atoms with Crippen LogP contribution in [0.5, 0.6) is 0 Å². The second-order valence-electron chi connectivity index (χ2n) is 5.50. The van der Waals surface area contributed by atoms with Crippen molar-refractivity contribution < 1.29 is 0 Å². The highest BCUT2D eigenvalue weighted by atomic mass is 16.1. The summed E-state index contributed by atoms with van der Waals surface area (Å²) in [5.74, 6) is 0. The van der Waals surface area contributed by atoms with Gasteiger partial charge in [-0.05, 0) is 50.6 Å². The second-order valence-corrected chi connectivity index (χ2v) is 5.50. The Labute approximate surface area is 113 Å². The van der Waals surface area contributed by atoms with E-state index < -0.39 is 0 Å². The lowest BCUT2D eigenvalue weighted by molar-refractivity contribution is 0.221. The van der Waals surface area contributed by atoms with E-state index in [1.807, 2.05) is 16.7 Å². The number of nitrogens with zero attached hydrogens (tertiary/aromatic N) is 2. The number of likely N-dealkylation sites (tertiary alicyclic amines) is 1. The number of imidazole rings is 1. The van der Waals surface area contributed by atoms with Crippen LogP contribution in [0.1, 0.15) is 24.8 Å². The first-order valence-electron chi connectivity index (χ1n) is 7.15. The van der Waals surface area contributed by atoms with Crippen LogP contribution < -0.4 is 5.69 Å². The number of aryl methyl sites for hydroxylation is 1. The van der Waals surface area contributed by atoms with Gasteiger partial charge in [-0.3, -0.25) is 4.57 Å². The van der Waals surface area contributed by atoms with Gasteiger partial charge >= 0.3 is 5.69 Å². The average molecular weight is 259 g/mol. The molecule has 2 heterocycles. The van der Waals surface area contributed by atoms with Crippen LogP contribution >= 0.6 is 0 Å². The summed E-state index contributed by atoms with van der Waals surface area (Å²) >= 11 is 0. The number of aromatic nitrogens is 2. The topological polar surface area (TPSA) is 41.0 Å². The monoisotopic (exact) mass is 259 g/mol. The van der Waals surface area contributed by atoms with Crippen LogP contribution in [0.3, 0.4) is 0 Å². The Bertz CT molecular complexity index is 620. The van der Waals surface area contributed by atoms with Crippen molar-refractivity contribution in [2.75, 3.05) is 19.6 Å². The first kappa shape index (κ1) is 12.5. The fourth-order valence-electron chi connectivity index (χ4n) is 2.91. The van der Waals surface area contributed by atoms with E-state index in [9.17, 15) is 4.79 Å². The Morgan fingerprint density at radius 1 is 1.16 bits per heavy atom. The SMILES string of the molecule is Cc1ccc2[nH]c(=O)n(CCN3CCCCC3)c2c1. The van der Waals surface area contributed by atoms with Gasteiger partial charge in [0.25, 0.3) is 0 Å². The minimum absolute atomic E-state index is 0.0117. The minimum atomic E-state index is 0.0117. The normalized spacial score (nSPS) is 17.1. The summed E-state index contributed by atoms with van der Waals surface area (Å²) in [5, 5.41) is 0. The molecule has 0 spiro atoms. The zero-order chi connectivity index (χ0) is 13.2. The third kappa shape index (κ3) is 2.59. The van der Waals surface area contributed by atoms with Gasteiger partial charge in [0.05, 0.1) is 11.0 Å². The Morgan fingerprint density at radius 2 is 1.95 bits per heavy atom. The van der Waals surface area contributed by atoms with Gasteiger partial charge in [-0.25, -0.2) is 4.79 Å². The quantitative estimate of drug-likeness (QED) is 0.917. The lowest BCUT2D eigenvalue weighted by Crippen LogP contribution is -2.34. The predicted octanol–water partition coefficient (Wildman–Crippen LogP) is 2.12. The standard InChI is InChI=1S/C15H21N3O/c1-12-5-6-13-14(11-12)18(15(19)16-13)10-9-17-7-3-2-4-8-17/h5-6,11H,2-4,7-10H2,1H3,(H,16,19). The highest BCUT2D eigenvalue weighted by Gasteiger charge is 2.12. The molecule has 1 aromatic heterocycles. The molecule has 1 fully saturated rings. The smallest absolute Gasteiger partial charge is 0.306 e. The minimum Gasteiger partial charge on any atom is -0.306 e. The van der Waals surface area contributed by atoms with Crippen molar-refractivity contribution >= 4 is 11.0 Å². The molecule has 0 amide bonds. The second kappa shape index (κ2) is 5.21. The van der Waals surface area contributed by atoms with Crippen LogP contribution in [0.15, 0.2) is 23.0 Å². The van der Waals surface area contributed by atoms with Crippen molar-refractivity contribution in [1.29, 1.82) is 0 Å². The van der Waals surface area contributed by atoms with E-state index in [1.54, 1.807) is 0 Å². The lowest BCUT2D eigenvalue weighted by Gasteiger charge is -2.26. The molecule has 4 heteroatoms. The molecule has 3 rings (SSSR count). The van der Waals surface area contributed by atoms with Gasteiger partial charge in [0.1, 0.15) is 0 Å². The number of H-pyrrole nitrogens is 1. The molecule has 0 atom stereocenters. The summed E-state index contributed by atoms with van der Waals surface area (Å²) in [5.41, 5.74) is 3.17. The zero-order valence-electron chi connectivity index (χ0n) is 11.5. The van der Waals surface area contributed by atoms with Crippen molar-refractivity contribution in [1.82, 2.24) is 14.5 Å². The number of hydrogen-bond acceptors (Lipinski definition) is 2. The fraction of sp³-hybridized carbons (Fsp3) is 0.533. The van der Waals surface area contributed by atoms with Gasteiger partial charge < -0.3 is 9.88 Å². The van der Waals surface area contributed by atoms with Gasteiger partial charge in [-0.15, -0.1) is 0 Å². The van der Waals surface area contributed by atoms with E-state index in [2.05, 4.69) is 22.9 Å². The maximum atomic E-state index is 12.0. The van der Waals surface area contributed by atoms with E-state index in [4.69, 9.17) is 0 Å². The molecule has 0 radical (unpaired) electrons. The van der Waals surface area contributed by atoms with Crippen molar-refractivity contribution in [3.8, 4) is 0 Å². The number of piperidine rings is 1. The highest BCUT2D eigenvalue weighted by Crippen LogP contribution is 2.13. The molecule has 0 bridgehead atoms. The van der Waals surface area contributed by atoms with Gasteiger partial charge in [0.2, 0.25) is 0 Å². The molecule has 19 heavy (non-hydrogen) atoms. The van der Waals surface area contributed by atoms with Crippen LogP contribution in [-0.4, -0.2) is 34.1 Å². The maximum absolute atomic E-state index is 12.0. The fourth-order valence-corrected chi connectivity index (χ4v) is 2.91. The van der Waals surface area contributed by atoms with Gasteiger partial charge in [-0.1, -0.05) is 12.5 Å². The Kier molecular flexibility index (Phi) is 3.42. The summed E-state index contributed by atoms with van der Waals surface area (Å²) in [6.45, 7) is 6.17. The van der Waals surface area contributed by atoms with Crippen LogP contribution in [0.25, 0.3) is 11.0 Å². The van der Waals surface area contributed by atoms with E-state index in [0.29, 0.717) is 0 Å². The Hall–Kier alpha value is -1.55. The molecule has 0 aliphatic carbocycles. The highest BCUT2D eigenvalue weighted by molar-refractivity contribution is 5.75. The van der Waals surface area contributed by atoms with Crippen LogP contribution in [-0.2, 0) is 6.54 Å². The third-order valence-corrected chi connectivity index (χ3v) is 4.02. The number of rotatable bonds is 3. The first-order valence-corrected chi connectivity index (χ1v) is 7.15. The molecule has 1 saturated heterocycles. The largest absolute Gasteiger partial charge is 0.326 e. The van der Waals surface area contributed by atoms with Gasteiger partial charge in [0, 0.05) is 13.1 Å². The van der Waals surface area contributed by atoms with E-state index in [1.165, 1.54) is 37.9 Å². The Balaban J connectivity index is 1.81. The summed E-state index contributed by atoms with van der Waals surface area (Å²) in [7, 11) is 0. The maximum Gasteiger partial charge on any atom is 0.326 e. The third-order valence-electron chi connectivity index (χ3n) is 4.02. The molecule has 4 nitrogen and oxygen atoms in total. The van der Waals surface area contributed by atoms with Crippen molar-refractivity contribution in [2.24, 2.45) is 0 Å². The van der Waals surface area contributed by atoms with Crippen LogP contribution in [0.4, 0.5) is 0 Å². The molecule has 2 aromatic rings. The molecule has 1 aliphatic heterocycles. The van der Waals surface area contributed by atoms with Crippen molar-refractivity contribution in [3.05, 3.63) is 34.2 Å². The van der Waals surface area contributed by atoms with Gasteiger partial charge in [-0.2, -0.15) is 0 Å². The number of fused-ring (bicyclic) bond motifs is 1. The summed E-state index contributed by atoms with van der Waals surface area (Å²) in [6.07, 6.45) is 3.94. The van der Waals surface area contributed by atoms with Crippen molar-refractivity contribution in [2.45, 2.75) is 32.7 Å². The van der Waals surface area contributed by atoms with Gasteiger partial charge in [0.15, 0.2) is 0 Å². The number of benzene rings is 1. The summed E-state index contributed by atoms with van der Waals surface area (Å²) < 4.78 is 1.87. The zero-order valence-corrected chi connectivity index (χ0v) is 11.5. The average Bonchev–Trinajstić information content (AvgIpc) is 2.73. The van der Waals surface area contributed by atoms with E-state index in [-0.39, 0.29) is 5.69 Å². The summed E-state index contributed by atoms with van der Waals surface area (Å²) in [4.78, 5) is 17.4. The molecule has 1 N–H and O–H groups in total. The van der Waals surface area contributed by atoms with Crippen LogP contribution in [0, 0.1) is 6.92 Å². The van der Waals surface area contributed by atoms with Crippen molar-refractivity contribution in [3.63, 3.8) is 0 Å². The predicted molar refractivity (Wildman–Crippen MR) is 77.6 cm³/mol. The number of nitrogens with one attached hydrogen (secondary N) is 1. The number of aromatic amines is 1. The molecule has 0 saturated carbocycles. The first-order chi connectivity index (χ1) is 9.24. The molecule has 102 valence electrons. The van der Waals surface area contributed by atoms with Crippen LogP contribution in [0.2, 0.25) is 0 Å². The molecule has 0 unspecified atom stereocenters. The molecule has 1 aliphatic rings. The Morgan fingerprint density at radius 3 is 2.74 bits per heavy atom. The molecular weight excluding hydrogens is 238 g/mol. The number of hydrogen-bond donors (Lipinski definition) is 1.